The van der Waals surface area contributed by atoms with E-state index >= 15 is 0 Å². The lowest BCUT2D eigenvalue weighted by Crippen LogP contribution is -2.33. The summed E-state index contributed by atoms with van der Waals surface area (Å²) < 4.78 is 6.98. The Morgan fingerprint density at radius 1 is 1.26 bits per heavy atom. The van der Waals surface area contributed by atoms with Crippen LogP contribution in [0.25, 0.3) is 11.2 Å². The molecular formula is C11H14N4O4. The fourth-order valence-corrected chi connectivity index (χ4v) is 2.27. The van der Waals surface area contributed by atoms with Crippen LogP contribution in [0.2, 0.25) is 0 Å². The SMILES string of the molecule is Cc1ncnc2c1ncn2[C@H]1O[C@@H](CO)[C@H](O)[C@@H]1O. The topological polar surface area (TPSA) is 114 Å². The van der Waals surface area contributed by atoms with Crippen molar-refractivity contribution in [2.45, 2.75) is 31.5 Å². The summed E-state index contributed by atoms with van der Waals surface area (Å²) in [6.45, 7) is 1.44. The van der Waals surface area contributed by atoms with E-state index in [1.807, 2.05) is 0 Å². The van der Waals surface area contributed by atoms with E-state index in [1.165, 1.54) is 17.2 Å². The van der Waals surface area contributed by atoms with Crippen LogP contribution >= 0.6 is 0 Å². The predicted molar refractivity (Wildman–Crippen MR) is 63.1 cm³/mol. The van der Waals surface area contributed by atoms with Crippen molar-refractivity contribution in [2.75, 3.05) is 6.61 Å². The number of aryl methyl sites for hydroxylation is 1. The first-order valence-electron chi connectivity index (χ1n) is 5.90. The molecule has 0 bridgehead atoms. The van der Waals surface area contributed by atoms with Crippen LogP contribution in [0.4, 0.5) is 0 Å². The van der Waals surface area contributed by atoms with E-state index in [9.17, 15) is 10.2 Å². The smallest absolute Gasteiger partial charge is 0.165 e. The van der Waals surface area contributed by atoms with Crippen LogP contribution in [0.15, 0.2) is 12.7 Å². The van der Waals surface area contributed by atoms with Crippen LogP contribution in [0, 0.1) is 6.92 Å². The fraction of sp³-hybridized carbons (Fsp3) is 0.545. The number of hydrogen-bond donors (Lipinski definition) is 3. The second kappa shape index (κ2) is 4.49. The summed E-state index contributed by atoms with van der Waals surface area (Å²) in [7, 11) is 0. The van der Waals surface area contributed by atoms with E-state index in [0.29, 0.717) is 11.2 Å². The van der Waals surface area contributed by atoms with Gasteiger partial charge in [0.1, 0.15) is 30.2 Å². The Hall–Kier alpha value is -1.61. The van der Waals surface area contributed by atoms with Gasteiger partial charge in [0.05, 0.1) is 18.6 Å². The molecule has 2 aromatic heterocycles. The number of imidazole rings is 1. The van der Waals surface area contributed by atoms with Crippen molar-refractivity contribution in [1.29, 1.82) is 0 Å². The molecule has 3 heterocycles. The number of nitrogens with zero attached hydrogens (tertiary/aromatic N) is 4. The van der Waals surface area contributed by atoms with Crippen LogP contribution in [0.5, 0.6) is 0 Å². The van der Waals surface area contributed by atoms with Gasteiger partial charge in [-0.2, -0.15) is 0 Å². The molecule has 0 saturated carbocycles. The predicted octanol–water partition coefficient (Wildman–Crippen LogP) is -1.25. The molecule has 1 aliphatic heterocycles. The molecule has 2 aromatic rings. The van der Waals surface area contributed by atoms with Crippen molar-refractivity contribution in [2.24, 2.45) is 0 Å². The molecule has 4 atom stereocenters. The van der Waals surface area contributed by atoms with Gasteiger partial charge in [0.15, 0.2) is 11.9 Å². The third-order valence-electron chi connectivity index (χ3n) is 3.33. The van der Waals surface area contributed by atoms with Gasteiger partial charge in [0, 0.05) is 0 Å². The van der Waals surface area contributed by atoms with Crippen LogP contribution < -0.4 is 0 Å². The van der Waals surface area contributed by atoms with E-state index in [4.69, 9.17) is 9.84 Å². The number of aliphatic hydroxyl groups is 3. The maximum absolute atomic E-state index is 9.98. The summed E-state index contributed by atoms with van der Waals surface area (Å²) in [4.78, 5) is 12.3. The van der Waals surface area contributed by atoms with Crippen molar-refractivity contribution < 1.29 is 20.1 Å². The van der Waals surface area contributed by atoms with E-state index in [-0.39, 0.29) is 6.61 Å². The first kappa shape index (κ1) is 12.4. The van der Waals surface area contributed by atoms with Crippen LogP contribution in [-0.4, -0.2) is 59.8 Å². The van der Waals surface area contributed by atoms with E-state index in [1.54, 1.807) is 6.92 Å². The van der Waals surface area contributed by atoms with Crippen LogP contribution in [0.1, 0.15) is 11.9 Å². The number of hydrogen-bond acceptors (Lipinski definition) is 7. The maximum atomic E-state index is 9.98. The molecule has 0 unspecified atom stereocenters. The van der Waals surface area contributed by atoms with Gasteiger partial charge in [-0.05, 0) is 6.92 Å². The normalized spacial score (nSPS) is 31.2. The third kappa shape index (κ3) is 1.80. The van der Waals surface area contributed by atoms with Gasteiger partial charge in [0.25, 0.3) is 0 Å². The standard InChI is InChI=1S/C11H14N4O4/c1-5-7-10(13-3-12-5)15(4-14-7)11-9(18)8(17)6(2-16)19-11/h3-4,6,8-9,11,16-18H,2H2,1H3/t6-,8-,9-,11-/m0/s1. The zero-order valence-electron chi connectivity index (χ0n) is 10.2. The number of aliphatic hydroxyl groups excluding tert-OH is 3. The highest BCUT2D eigenvalue weighted by Gasteiger charge is 2.43. The number of aromatic nitrogens is 4. The molecule has 0 aromatic carbocycles. The summed E-state index contributed by atoms with van der Waals surface area (Å²) in [6.07, 6.45) is -1.06. The molecule has 1 fully saturated rings. The molecule has 0 radical (unpaired) electrons. The van der Waals surface area contributed by atoms with Crippen molar-refractivity contribution >= 4 is 11.2 Å². The first-order valence-corrected chi connectivity index (χ1v) is 5.90. The number of fused-ring (bicyclic) bond motifs is 1. The molecule has 1 aliphatic rings. The van der Waals surface area contributed by atoms with Gasteiger partial charge in [-0.1, -0.05) is 0 Å². The Kier molecular flexibility index (Phi) is 2.94. The van der Waals surface area contributed by atoms with Crippen molar-refractivity contribution in [1.82, 2.24) is 19.5 Å². The molecule has 0 spiro atoms. The lowest BCUT2D eigenvalue weighted by Gasteiger charge is -2.16. The lowest BCUT2D eigenvalue weighted by molar-refractivity contribution is -0.0511. The lowest BCUT2D eigenvalue weighted by atomic mass is 10.1. The summed E-state index contributed by atoms with van der Waals surface area (Å²) in [5, 5.41) is 28.8. The Morgan fingerprint density at radius 2 is 2.05 bits per heavy atom. The number of rotatable bonds is 2. The second-order valence-corrected chi connectivity index (χ2v) is 4.51. The van der Waals surface area contributed by atoms with Crippen molar-refractivity contribution in [3.8, 4) is 0 Å². The fourth-order valence-electron chi connectivity index (χ4n) is 2.27. The average Bonchev–Trinajstić information content (AvgIpc) is 2.94. The second-order valence-electron chi connectivity index (χ2n) is 4.51. The Morgan fingerprint density at radius 3 is 2.74 bits per heavy atom. The largest absolute Gasteiger partial charge is 0.394 e. The molecule has 3 rings (SSSR count). The minimum atomic E-state index is -1.15. The molecule has 102 valence electrons. The molecular weight excluding hydrogens is 252 g/mol. The quantitative estimate of drug-likeness (QED) is 0.622. The van der Waals surface area contributed by atoms with Gasteiger partial charge >= 0.3 is 0 Å². The average molecular weight is 266 g/mol. The highest BCUT2D eigenvalue weighted by Crippen LogP contribution is 2.31. The van der Waals surface area contributed by atoms with Gasteiger partial charge in [0.2, 0.25) is 0 Å². The minimum absolute atomic E-state index is 0.366. The molecule has 19 heavy (non-hydrogen) atoms. The molecule has 0 amide bonds. The Labute approximate surface area is 108 Å². The van der Waals surface area contributed by atoms with Crippen LogP contribution in [0.3, 0.4) is 0 Å². The minimum Gasteiger partial charge on any atom is -0.394 e. The number of ether oxygens (including phenoxy) is 1. The molecule has 8 nitrogen and oxygen atoms in total. The van der Waals surface area contributed by atoms with Gasteiger partial charge in [-0.25, -0.2) is 15.0 Å². The van der Waals surface area contributed by atoms with E-state index in [2.05, 4.69) is 15.0 Å². The van der Waals surface area contributed by atoms with E-state index in [0.717, 1.165) is 5.69 Å². The Bertz CT molecular complexity index is 601. The highest BCUT2D eigenvalue weighted by atomic mass is 16.6. The zero-order valence-corrected chi connectivity index (χ0v) is 10.2. The van der Waals surface area contributed by atoms with Gasteiger partial charge in [-0.3, -0.25) is 4.57 Å². The van der Waals surface area contributed by atoms with Gasteiger partial charge < -0.3 is 20.1 Å². The summed E-state index contributed by atoms with van der Waals surface area (Å²) in [5.74, 6) is 0. The summed E-state index contributed by atoms with van der Waals surface area (Å²) in [5.41, 5.74) is 1.85. The third-order valence-corrected chi connectivity index (χ3v) is 3.33. The van der Waals surface area contributed by atoms with Crippen LogP contribution in [-0.2, 0) is 4.74 Å². The van der Waals surface area contributed by atoms with Crippen molar-refractivity contribution in [3.05, 3.63) is 18.3 Å². The molecule has 8 heteroatoms. The molecule has 1 saturated heterocycles. The Balaban J connectivity index is 2.04. The molecule has 3 N–H and O–H groups in total. The van der Waals surface area contributed by atoms with Gasteiger partial charge in [-0.15, -0.1) is 0 Å². The molecule has 0 aliphatic carbocycles. The zero-order chi connectivity index (χ0) is 13.6. The summed E-state index contributed by atoms with van der Waals surface area (Å²) in [6, 6.07) is 0. The first-order chi connectivity index (χ1) is 9.13. The monoisotopic (exact) mass is 266 g/mol. The van der Waals surface area contributed by atoms with Crippen molar-refractivity contribution in [3.63, 3.8) is 0 Å². The maximum Gasteiger partial charge on any atom is 0.165 e. The summed E-state index contributed by atoms with van der Waals surface area (Å²) >= 11 is 0. The van der Waals surface area contributed by atoms with E-state index < -0.39 is 24.5 Å². The highest BCUT2D eigenvalue weighted by molar-refractivity contribution is 5.72.